The van der Waals surface area contributed by atoms with Gasteiger partial charge >= 0.3 is 0 Å². The monoisotopic (exact) mass is 327 g/mol. The number of thiazole rings is 1. The number of benzene rings is 2. The molecule has 1 heterocycles. The predicted octanol–water partition coefficient (Wildman–Crippen LogP) is 4.58. The van der Waals surface area contributed by atoms with Gasteiger partial charge in [-0.2, -0.15) is 0 Å². The van der Waals surface area contributed by atoms with Crippen molar-refractivity contribution in [2.45, 2.75) is 6.92 Å². The van der Waals surface area contributed by atoms with Crippen molar-refractivity contribution >= 4 is 33.7 Å². The number of nitrogens with zero attached hydrogens (tertiary/aromatic N) is 1. The van der Waals surface area contributed by atoms with Crippen molar-refractivity contribution in [1.82, 2.24) is 4.98 Å². The summed E-state index contributed by atoms with van der Waals surface area (Å²) in [6, 6.07) is 11.1. The van der Waals surface area contributed by atoms with Gasteiger partial charge in [-0.1, -0.05) is 12.1 Å². The van der Waals surface area contributed by atoms with Gasteiger partial charge < -0.3 is 14.6 Å². The first kappa shape index (κ1) is 15.4. The van der Waals surface area contributed by atoms with Crippen LogP contribution < -0.4 is 9.47 Å². The van der Waals surface area contributed by atoms with E-state index in [9.17, 15) is 5.11 Å². The second-order valence-corrected chi connectivity index (χ2v) is 5.94. The van der Waals surface area contributed by atoms with Crippen molar-refractivity contribution in [2.24, 2.45) is 0 Å². The van der Waals surface area contributed by atoms with Gasteiger partial charge in [-0.25, -0.2) is 4.98 Å². The lowest BCUT2D eigenvalue weighted by Crippen LogP contribution is -1.91. The minimum Gasteiger partial charge on any atom is -0.504 e. The molecular weight excluding hydrogens is 310 g/mol. The maximum absolute atomic E-state index is 9.72. The molecule has 0 amide bonds. The highest BCUT2D eigenvalue weighted by atomic mass is 32.1. The van der Waals surface area contributed by atoms with Gasteiger partial charge in [-0.3, -0.25) is 0 Å². The summed E-state index contributed by atoms with van der Waals surface area (Å²) in [5, 5.41) is 10.6. The molecule has 1 aromatic heterocycles. The van der Waals surface area contributed by atoms with E-state index in [0.717, 1.165) is 26.5 Å². The van der Waals surface area contributed by atoms with Gasteiger partial charge in [0.15, 0.2) is 11.5 Å². The van der Waals surface area contributed by atoms with Crippen LogP contribution >= 0.6 is 11.3 Å². The third kappa shape index (κ3) is 3.46. The van der Waals surface area contributed by atoms with E-state index in [0.29, 0.717) is 12.4 Å². The van der Waals surface area contributed by atoms with Gasteiger partial charge in [0, 0.05) is 0 Å². The van der Waals surface area contributed by atoms with E-state index < -0.39 is 0 Å². The highest BCUT2D eigenvalue weighted by Gasteiger charge is 2.04. The fourth-order valence-corrected chi connectivity index (χ4v) is 3.09. The van der Waals surface area contributed by atoms with E-state index in [2.05, 4.69) is 4.98 Å². The predicted molar refractivity (Wildman–Crippen MR) is 94.4 cm³/mol. The van der Waals surface area contributed by atoms with Crippen molar-refractivity contribution < 1.29 is 14.6 Å². The Morgan fingerprint density at radius 1 is 1.17 bits per heavy atom. The average Bonchev–Trinajstić information content (AvgIpc) is 2.97. The second kappa shape index (κ2) is 6.71. The molecule has 3 aromatic rings. The zero-order valence-corrected chi connectivity index (χ0v) is 13.8. The Labute approximate surface area is 138 Å². The van der Waals surface area contributed by atoms with Crippen molar-refractivity contribution in [3.05, 3.63) is 47.0 Å². The van der Waals surface area contributed by atoms with Gasteiger partial charge in [0.1, 0.15) is 10.8 Å². The number of phenols is 1. The van der Waals surface area contributed by atoms with Crippen LogP contribution in [0.4, 0.5) is 0 Å². The quantitative estimate of drug-likeness (QED) is 0.745. The molecule has 23 heavy (non-hydrogen) atoms. The Kier molecular flexibility index (Phi) is 4.48. The van der Waals surface area contributed by atoms with Crippen LogP contribution in [0.3, 0.4) is 0 Å². The molecule has 0 radical (unpaired) electrons. The Morgan fingerprint density at radius 3 is 2.83 bits per heavy atom. The van der Waals surface area contributed by atoms with Crippen LogP contribution in [0.15, 0.2) is 36.4 Å². The number of methoxy groups -OCH3 is 1. The number of fused-ring (bicyclic) bond motifs is 1. The number of hydrogen-bond donors (Lipinski definition) is 1. The molecule has 3 rings (SSSR count). The summed E-state index contributed by atoms with van der Waals surface area (Å²) < 4.78 is 11.7. The van der Waals surface area contributed by atoms with Gasteiger partial charge in [0.2, 0.25) is 0 Å². The first-order valence-corrected chi connectivity index (χ1v) is 8.09. The molecule has 0 spiro atoms. The summed E-state index contributed by atoms with van der Waals surface area (Å²) in [4.78, 5) is 4.58. The third-order valence-corrected chi connectivity index (χ3v) is 4.30. The SMILES string of the molecule is CCOc1cc(/C=C/c2nc3ccc(OC)cc3s2)ccc1O. The minimum atomic E-state index is 0.149. The number of rotatable bonds is 5. The van der Waals surface area contributed by atoms with E-state index in [1.807, 2.05) is 49.4 Å². The minimum absolute atomic E-state index is 0.149. The number of aromatic hydroxyl groups is 1. The van der Waals surface area contributed by atoms with Crippen molar-refractivity contribution in [3.8, 4) is 17.2 Å². The molecule has 0 saturated heterocycles. The Hall–Kier alpha value is -2.53. The molecule has 2 aromatic carbocycles. The summed E-state index contributed by atoms with van der Waals surface area (Å²) in [6.07, 6.45) is 3.91. The van der Waals surface area contributed by atoms with Gasteiger partial charge in [-0.05, 0) is 48.9 Å². The maximum atomic E-state index is 9.72. The van der Waals surface area contributed by atoms with Crippen LogP contribution in [0.2, 0.25) is 0 Å². The molecule has 4 nitrogen and oxygen atoms in total. The first-order valence-electron chi connectivity index (χ1n) is 7.28. The topological polar surface area (TPSA) is 51.6 Å². The third-order valence-electron chi connectivity index (χ3n) is 3.31. The number of hydrogen-bond acceptors (Lipinski definition) is 5. The summed E-state index contributed by atoms with van der Waals surface area (Å²) in [5.41, 5.74) is 1.90. The lowest BCUT2D eigenvalue weighted by molar-refractivity contribution is 0.318. The molecule has 0 unspecified atom stereocenters. The molecule has 0 fully saturated rings. The van der Waals surface area contributed by atoms with E-state index in [-0.39, 0.29) is 5.75 Å². The first-order chi connectivity index (χ1) is 11.2. The second-order valence-electron chi connectivity index (χ2n) is 4.88. The molecule has 0 aliphatic heterocycles. The van der Waals surface area contributed by atoms with E-state index >= 15 is 0 Å². The number of phenolic OH excluding ortho intramolecular Hbond substituents is 1. The molecule has 0 bridgehead atoms. The van der Waals surface area contributed by atoms with Crippen LogP contribution in [0.25, 0.3) is 22.4 Å². The fourth-order valence-electron chi connectivity index (χ4n) is 2.19. The lowest BCUT2D eigenvalue weighted by atomic mass is 10.2. The molecule has 1 N–H and O–H groups in total. The molecule has 0 aliphatic rings. The van der Waals surface area contributed by atoms with E-state index in [1.54, 1.807) is 24.5 Å². The lowest BCUT2D eigenvalue weighted by Gasteiger charge is -2.05. The summed E-state index contributed by atoms with van der Waals surface area (Å²) >= 11 is 1.61. The highest BCUT2D eigenvalue weighted by Crippen LogP contribution is 2.29. The Morgan fingerprint density at radius 2 is 2.04 bits per heavy atom. The molecule has 0 atom stereocenters. The highest BCUT2D eigenvalue weighted by molar-refractivity contribution is 7.19. The Balaban J connectivity index is 1.86. The van der Waals surface area contributed by atoms with E-state index in [4.69, 9.17) is 9.47 Å². The van der Waals surface area contributed by atoms with Gasteiger partial charge in [-0.15, -0.1) is 11.3 Å². The van der Waals surface area contributed by atoms with Crippen LogP contribution in [0.1, 0.15) is 17.5 Å². The summed E-state index contributed by atoms with van der Waals surface area (Å²) in [5.74, 6) is 1.47. The molecule has 0 saturated carbocycles. The fraction of sp³-hybridized carbons (Fsp3) is 0.167. The Bertz CT molecular complexity index is 855. The van der Waals surface area contributed by atoms with Crippen LogP contribution in [-0.4, -0.2) is 23.8 Å². The van der Waals surface area contributed by atoms with Crippen molar-refractivity contribution in [1.29, 1.82) is 0 Å². The summed E-state index contributed by atoms with van der Waals surface area (Å²) in [6.45, 7) is 2.40. The standard InChI is InChI=1S/C18H17NO3S/c1-3-22-16-10-12(4-8-15(16)20)5-9-18-19-14-7-6-13(21-2)11-17(14)23-18/h4-11,20H,3H2,1-2H3/b9-5+. The molecule has 0 aliphatic carbocycles. The smallest absolute Gasteiger partial charge is 0.161 e. The van der Waals surface area contributed by atoms with E-state index in [1.165, 1.54) is 0 Å². The normalized spacial score (nSPS) is 11.2. The number of aromatic nitrogens is 1. The van der Waals surface area contributed by atoms with Crippen LogP contribution in [0, 0.1) is 0 Å². The zero-order valence-electron chi connectivity index (χ0n) is 12.9. The average molecular weight is 327 g/mol. The molecular formula is C18H17NO3S. The molecule has 5 heteroatoms. The zero-order chi connectivity index (χ0) is 16.2. The van der Waals surface area contributed by atoms with Crippen molar-refractivity contribution in [2.75, 3.05) is 13.7 Å². The maximum Gasteiger partial charge on any atom is 0.161 e. The van der Waals surface area contributed by atoms with Crippen LogP contribution in [0.5, 0.6) is 17.2 Å². The van der Waals surface area contributed by atoms with Gasteiger partial charge in [0.05, 0.1) is 23.9 Å². The number of ether oxygens (including phenoxy) is 2. The van der Waals surface area contributed by atoms with Gasteiger partial charge in [0.25, 0.3) is 0 Å². The molecule has 118 valence electrons. The largest absolute Gasteiger partial charge is 0.504 e. The summed E-state index contributed by atoms with van der Waals surface area (Å²) in [7, 11) is 1.66. The van der Waals surface area contributed by atoms with Crippen molar-refractivity contribution in [3.63, 3.8) is 0 Å². The van der Waals surface area contributed by atoms with Crippen LogP contribution in [-0.2, 0) is 0 Å².